The fourth-order valence-corrected chi connectivity index (χ4v) is 1.85. The molecule has 0 fully saturated rings. The van der Waals surface area contributed by atoms with Gasteiger partial charge >= 0.3 is 0 Å². The summed E-state index contributed by atoms with van der Waals surface area (Å²) < 4.78 is 0. The van der Waals surface area contributed by atoms with Crippen LogP contribution in [0.1, 0.15) is 27.0 Å². The van der Waals surface area contributed by atoms with Crippen molar-refractivity contribution < 1.29 is 4.79 Å². The summed E-state index contributed by atoms with van der Waals surface area (Å²) in [4.78, 5) is 12.0. The number of carbonyl (C=O) groups excluding carboxylic acids is 1. The van der Waals surface area contributed by atoms with Gasteiger partial charge in [0.1, 0.15) is 0 Å². The normalized spacial score (nSPS) is 10.2. The van der Waals surface area contributed by atoms with Crippen molar-refractivity contribution in [2.45, 2.75) is 20.3 Å². The first-order valence-corrected chi connectivity index (χ1v) is 5.80. The van der Waals surface area contributed by atoms with Crippen molar-refractivity contribution in [3.63, 3.8) is 0 Å². The summed E-state index contributed by atoms with van der Waals surface area (Å²) in [7, 11) is 0. The second kappa shape index (κ2) is 4.96. The van der Waals surface area contributed by atoms with Gasteiger partial charge < -0.3 is 0 Å². The van der Waals surface area contributed by atoms with E-state index in [2.05, 4.69) is 6.07 Å². The molecule has 0 aliphatic rings. The van der Waals surface area contributed by atoms with Crippen molar-refractivity contribution in [2.24, 2.45) is 0 Å². The monoisotopic (exact) mass is 224 g/mol. The molecule has 86 valence electrons. The maximum Gasteiger partial charge on any atom is 0.167 e. The third kappa shape index (κ3) is 3.04. The minimum Gasteiger partial charge on any atom is -0.294 e. The first kappa shape index (κ1) is 11.6. The molecule has 0 heterocycles. The molecular formula is C16H16O. The van der Waals surface area contributed by atoms with Crippen LogP contribution in [0, 0.1) is 13.8 Å². The van der Waals surface area contributed by atoms with Crippen LogP contribution in [-0.2, 0) is 6.42 Å². The van der Waals surface area contributed by atoms with Crippen LogP contribution in [0.15, 0.2) is 48.5 Å². The molecule has 0 saturated heterocycles. The van der Waals surface area contributed by atoms with E-state index in [4.69, 9.17) is 0 Å². The molecule has 0 N–H and O–H groups in total. The fraction of sp³-hybridized carbons (Fsp3) is 0.188. The summed E-state index contributed by atoms with van der Waals surface area (Å²) >= 11 is 0. The largest absolute Gasteiger partial charge is 0.294 e. The van der Waals surface area contributed by atoms with Gasteiger partial charge in [-0.1, -0.05) is 59.7 Å². The number of ketones is 1. The Labute approximate surface area is 102 Å². The number of carbonyl (C=O) groups is 1. The van der Waals surface area contributed by atoms with E-state index in [0.29, 0.717) is 6.42 Å². The summed E-state index contributed by atoms with van der Waals surface area (Å²) in [6, 6.07) is 15.8. The van der Waals surface area contributed by atoms with E-state index in [9.17, 15) is 4.79 Å². The zero-order chi connectivity index (χ0) is 12.3. The van der Waals surface area contributed by atoms with Gasteiger partial charge in [-0.3, -0.25) is 4.79 Å². The maximum atomic E-state index is 12.0. The summed E-state index contributed by atoms with van der Waals surface area (Å²) in [5, 5.41) is 0. The first-order chi connectivity index (χ1) is 8.15. The standard InChI is InChI=1S/C16H16O/c1-12-6-8-15(9-7-12)16(17)11-14-5-3-4-13(2)10-14/h3-10H,11H2,1-2H3. The van der Waals surface area contributed by atoms with Crippen LogP contribution in [-0.4, -0.2) is 5.78 Å². The molecule has 0 radical (unpaired) electrons. The quantitative estimate of drug-likeness (QED) is 0.726. The lowest BCUT2D eigenvalue weighted by Gasteiger charge is -2.03. The second-order valence-corrected chi connectivity index (χ2v) is 4.46. The van der Waals surface area contributed by atoms with Gasteiger partial charge in [0.05, 0.1) is 0 Å². The lowest BCUT2D eigenvalue weighted by Crippen LogP contribution is -2.03. The van der Waals surface area contributed by atoms with E-state index in [0.717, 1.165) is 11.1 Å². The lowest BCUT2D eigenvalue weighted by atomic mass is 10.0. The molecule has 1 nitrogen and oxygen atoms in total. The van der Waals surface area contributed by atoms with E-state index >= 15 is 0 Å². The second-order valence-electron chi connectivity index (χ2n) is 4.46. The Morgan fingerprint density at radius 3 is 2.29 bits per heavy atom. The molecule has 0 saturated carbocycles. The zero-order valence-electron chi connectivity index (χ0n) is 10.2. The van der Waals surface area contributed by atoms with Gasteiger partial charge in [-0.25, -0.2) is 0 Å². The Kier molecular flexibility index (Phi) is 3.38. The van der Waals surface area contributed by atoms with Crippen LogP contribution in [0.2, 0.25) is 0 Å². The fourth-order valence-electron chi connectivity index (χ4n) is 1.85. The van der Waals surface area contributed by atoms with Crippen molar-refractivity contribution in [3.8, 4) is 0 Å². The van der Waals surface area contributed by atoms with E-state index in [1.807, 2.05) is 56.3 Å². The zero-order valence-corrected chi connectivity index (χ0v) is 10.2. The van der Waals surface area contributed by atoms with Crippen molar-refractivity contribution in [2.75, 3.05) is 0 Å². The van der Waals surface area contributed by atoms with Crippen LogP contribution < -0.4 is 0 Å². The van der Waals surface area contributed by atoms with Gasteiger partial charge in [-0.15, -0.1) is 0 Å². The predicted octanol–water partition coefficient (Wildman–Crippen LogP) is 3.73. The molecule has 2 aromatic rings. The first-order valence-electron chi connectivity index (χ1n) is 5.80. The van der Waals surface area contributed by atoms with E-state index < -0.39 is 0 Å². The molecule has 0 amide bonds. The van der Waals surface area contributed by atoms with E-state index in [1.165, 1.54) is 11.1 Å². The third-order valence-electron chi connectivity index (χ3n) is 2.82. The molecule has 2 rings (SSSR count). The number of hydrogen-bond donors (Lipinski definition) is 0. The summed E-state index contributed by atoms with van der Waals surface area (Å²) in [5.74, 6) is 0.176. The van der Waals surface area contributed by atoms with Crippen molar-refractivity contribution in [1.82, 2.24) is 0 Å². The van der Waals surface area contributed by atoms with Crippen LogP contribution >= 0.6 is 0 Å². The van der Waals surface area contributed by atoms with Crippen LogP contribution in [0.4, 0.5) is 0 Å². The highest BCUT2D eigenvalue weighted by molar-refractivity contribution is 5.97. The Balaban J connectivity index is 2.14. The van der Waals surface area contributed by atoms with E-state index in [1.54, 1.807) is 0 Å². The van der Waals surface area contributed by atoms with Crippen molar-refractivity contribution in [3.05, 3.63) is 70.8 Å². The van der Waals surface area contributed by atoms with Gasteiger partial charge in [-0.2, -0.15) is 0 Å². The highest BCUT2D eigenvalue weighted by Gasteiger charge is 2.06. The Morgan fingerprint density at radius 1 is 0.941 bits per heavy atom. The number of hydrogen-bond acceptors (Lipinski definition) is 1. The highest BCUT2D eigenvalue weighted by Crippen LogP contribution is 2.10. The predicted molar refractivity (Wildman–Crippen MR) is 70.4 cm³/mol. The molecular weight excluding hydrogens is 208 g/mol. The van der Waals surface area contributed by atoms with Gasteiger partial charge in [0.25, 0.3) is 0 Å². The molecule has 2 aromatic carbocycles. The van der Waals surface area contributed by atoms with Gasteiger partial charge in [0.2, 0.25) is 0 Å². The Hall–Kier alpha value is -1.89. The Morgan fingerprint density at radius 2 is 1.65 bits per heavy atom. The molecule has 1 heteroatoms. The molecule has 17 heavy (non-hydrogen) atoms. The SMILES string of the molecule is Cc1ccc(C(=O)Cc2cccc(C)c2)cc1. The smallest absolute Gasteiger partial charge is 0.167 e. The highest BCUT2D eigenvalue weighted by atomic mass is 16.1. The number of rotatable bonds is 3. The van der Waals surface area contributed by atoms with E-state index in [-0.39, 0.29) is 5.78 Å². The summed E-state index contributed by atoms with van der Waals surface area (Å²) in [6.45, 7) is 4.06. The van der Waals surface area contributed by atoms with Crippen molar-refractivity contribution in [1.29, 1.82) is 0 Å². The number of Topliss-reactive ketones (excluding diaryl/α,β-unsaturated/α-hetero) is 1. The minimum atomic E-state index is 0.176. The van der Waals surface area contributed by atoms with Gasteiger partial charge in [0, 0.05) is 12.0 Å². The average molecular weight is 224 g/mol. The number of aryl methyl sites for hydroxylation is 2. The molecule has 0 aliphatic carbocycles. The Bertz CT molecular complexity index is 523. The number of benzene rings is 2. The van der Waals surface area contributed by atoms with Crippen LogP contribution in [0.25, 0.3) is 0 Å². The lowest BCUT2D eigenvalue weighted by molar-refractivity contribution is 0.0993. The molecule has 0 aromatic heterocycles. The van der Waals surface area contributed by atoms with Crippen LogP contribution in [0.5, 0.6) is 0 Å². The third-order valence-corrected chi connectivity index (χ3v) is 2.82. The van der Waals surface area contributed by atoms with Gasteiger partial charge in [-0.05, 0) is 19.4 Å². The summed E-state index contributed by atoms with van der Waals surface area (Å²) in [6.07, 6.45) is 0.477. The van der Waals surface area contributed by atoms with Crippen molar-refractivity contribution >= 4 is 5.78 Å². The average Bonchev–Trinajstić information content (AvgIpc) is 2.29. The topological polar surface area (TPSA) is 17.1 Å². The minimum absolute atomic E-state index is 0.176. The molecule has 0 aliphatic heterocycles. The molecule has 0 bridgehead atoms. The van der Waals surface area contributed by atoms with Gasteiger partial charge in [0.15, 0.2) is 5.78 Å². The molecule has 0 unspecified atom stereocenters. The molecule has 0 spiro atoms. The summed E-state index contributed by atoms with van der Waals surface area (Å²) in [5.41, 5.74) is 4.24. The van der Waals surface area contributed by atoms with Crippen LogP contribution in [0.3, 0.4) is 0 Å². The maximum absolute atomic E-state index is 12.0. The molecule has 0 atom stereocenters.